The van der Waals surface area contributed by atoms with Crippen LogP contribution in [0.25, 0.3) is 0 Å². The minimum Gasteiger partial charge on any atom is -0.448 e. The van der Waals surface area contributed by atoms with E-state index in [1.807, 2.05) is 13.8 Å². The Morgan fingerprint density at radius 2 is 1.11 bits per heavy atom. The lowest BCUT2D eigenvalue weighted by atomic mass is 9.95. The van der Waals surface area contributed by atoms with Crippen molar-refractivity contribution in [1.82, 2.24) is 0 Å². The van der Waals surface area contributed by atoms with E-state index in [0.29, 0.717) is 34.4 Å². The van der Waals surface area contributed by atoms with E-state index >= 15 is 0 Å². The lowest BCUT2D eigenvalue weighted by Gasteiger charge is -2.39. The second-order valence-electron chi connectivity index (χ2n) is 8.53. The Balaban J connectivity index is 2.38. The van der Waals surface area contributed by atoms with Crippen molar-refractivity contribution in [1.29, 1.82) is 0 Å². The van der Waals surface area contributed by atoms with Crippen molar-refractivity contribution in [2.24, 2.45) is 0 Å². The highest BCUT2D eigenvalue weighted by Crippen LogP contribution is 2.44. The van der Waals surface area contributed by atoms with E-state index in [-0.39, 0.29) is 11.5 Å². The summed E-state index contributed by atoms with van der Waals surface area (Å²) in [5.74, 6) is -2.46. The van der Waals surface area contributed by atoms with Crippen LogP contribution in [0, 0.1) is 77.9 Å². The Morgan fingerprint density at radius 3 is 1.43 bits per heavy atom. The maximum absolute atomic E-state index is 12.2. The summed E-state index contributed by atoms with van der Waals surface area (Å²) in [7, 11) is 0. The van der Waals surface area contributed by atoms with Gasteiger partial charge in [-0.3, -0.25) is 30.3 Å². The van der Waals surface area contributed by atoms with Crippen LogP contribution < -0.4 is 9.47 Å². The van der Waals surface area contributed by atoms with Gasteiger partial charge in [-0.15, -0.1) is 0 Å². The van der Waals surface area contributed by atoms with Gasteiger partial charge in [0, 0.05) is 6.08 Å². The Labute approximate surface area is 201 Å². The lowest BCUT2D eigenvalue weighted by Crippen LogP contribution is -2.55. The van der Waals surface area contributed by atoms with Crippen LogP contribution in [-0.2, 0) is 0 Å². The van der Waals surface area contributed by atoms with Crippen LogP contribution in [-0.4, -0.2) is 20.6 Å². The van der Waals surface area contributed by atoms with Crippen LogP contribution >= 0.6 is 0 Å². The van der Waals surface area contributed by atoms with Crippen LogP contribution in [0.1, 0.15) is 33.4 Å². The molecule has 1 aliphatic rings. The predicted octanol–water partition coefficient (Wildman–Crippen LogP) is 4.83. The van der Waals surface area contributed by atoms with Crippen molar-refractivity contribution >= 4 is 0 Å². The van der Waals surface area contributed by atoms with Crippen LogP contribution in [0.2, 0.25) is 0 Å². The summed E-state index contributed by atoms with van der Waals surface area (Å²) < 4.78 is 12.2. The van der Waals surface area contributed by atoms with Gasteiger partial charge in [0.15, 0.2) is 0 Å². The SMILES string of the molecule is Cc1cc(C)c(OC2(Oc3c(C)cc(C)cc3C)C([N+](=O)[O-])=CC([N+](=O)[O-])=C[C-]2[N+](=O)[O-])c(C)c1. The third-order valence-electron chi connectivity index (χ3n) is 5.55. The average molecular weight is 482 g/mol. The first-order valence-corrected chi connectivity index (χ1v) is 10.5. The van der Waals surface area contributed by atoms with Crippen molar-refractivity contribution in [2.45, 2.75) is 47.3 Å². The highest BCUT2D eigenvalue weighted by Gasteiger charge is 2.59. The fraction of sp³-hybridized carbons (Fsp3) is 0.292. The normalized spacial score (nSPS) is 14.6. The van der Waals surface area contributed by atoms with E-state index in [1.54, 1.807) is 52.0 Å². The van der Waals surface area contributed by atoms with Gasteiger partial charge in [0.05, 0.1) is 4.92 Å². The zero-order valence-corrected chi connectivity index (χ0v) is 20.1. The number of benzene rings is 2. The van der Waals surface area contributed by atoms with Crippen molar-refractivity contribution in [3.05, 3.63) is 118 Å². The number of aryl methyl sites for hydroxylation is 6. The largest absolute Gasteiger partial charge is 0.448 e. The molecule has 11 heteroatoms. The molecule has 11 nitrogen and oxygen atoms in total. The lowest BCUT2D eigenvalue weighted by molar-refractivity contribution is -0.517. The van der Waals surface area contributed by atoms with Gasteiger partial charge in [-0.1, -0.05) is 41.5 Å². The highest BCUT2D eigenvalue weighted by atomic mass is 16.7. The predicted molar refractivity (Wildman–Crippen MR) is 126 cm³/mol. The zero-order chi connectivity index (χ0) is 26.2. The van der Waals surface area contributed by atoms with Gasteiger partial charge >= 0.3 is 11.5 Å². The average Bonchev–Trinajstić information content (AvgIpc) is 2.72. The molecule has 2 aromatic rings. The van der Waals surface area contributed by atoms with E-state index in [0.717, 1.165) is 11.1 Å². The highest BCUT2D eigenvalue weighted by molar-refractivity contribution is 5.49. The molecule has 0 saturated heterocycles. The van der Waals surface area contributed by atoms with Crippen molar-refractivity contribution in [3.8, 4) is 11.5 Å². The molecule has 0 fully saturated rings. The van der Waals surface area contributed by atoms with Crippen LogP contribution in [0.4, 0.5) is 0 Å². The molecule has 0 heterocycles. The molecule has 3 rings (SSSR count). The monoisotopic (exact) mass is 482 g/mol. The van der Waals surface area contributed by atoms with E-state index in [9.17, 15) is 30.3 Å². The van der Waals surface area contributed by atoms with Gasteiger partial charge in [0.1, 0.15) is 17.2 Å². The van der Waals surface area contributed by atoms with Crippen molar-refractivity contribution in [2.75, 3.05) is 0 Å². The Hall–Kier alpha value is -4.41. The van der Waals surface area contributed by atoms with E-state index in [4.69, 9.17) is 9.47 Å². The fourth-order valence-corrected chi connectivity index (χ4v) is 4.27. The number of rotatable bonds is 7. The van der Waals surface area contributed by atoms with Crippen LogP contribution in [0.5, 0.6) is 11.5 Å². The summed E-state index contributed by atoms with van der Waals surface area (Å²) in [5, 5.41) is 35.9. The first kappa shape index (κ1) is 25.2. The molecular formula is C24H24N3O8-. The molecule has 0 saturated carbocycles. The molecule has 1 aliphatic carbocycles. The summed E-state index contributed by atoms with van der Waals surface area (Å²) in [4.78, 5) is 33.1. The molecule has 0 amide bonds. The van der Waals surface area contributed by atoms with E-state index < -0.39 is 38.0 Å². The second kappa shape index (κ2) is 9.09. The molecule has 0 bridgehead atoms. The maximum Gasteiger partial charge on any atom is 0.365 e. The summed E-state index contributed by atoms with van der Waals surface area (Å²) in [5.41, 5.74) is 2.16. The van der Waals surface area contributed by atoms with Gasteiger partial charge in [-0.2, -0.15) is 0 Å². The molecular weight excluding hydrogens is 458 g/mol. The van der Waals surface area contributed by atoms with E-state index in [2.05, 4.69) is 0 Å². The molecule has 0 aliphatic heterocycles. The molecule has 0 aromatic heterocycles. The molecule has 0 N–H and O–H groups in total. The standard InChI is InChI=1S/C24H24N3O8/c1-13-7-15(3)22(16(4)8-13)34-24(35-23-17(5)9-14(2)10-18(23)6)20(26(30)31)11-19(25(28)29)12-21(24)27(32)33/h7-12H,1-6H3/q-1. The summed E-state index contributed by atoms with van der Waals surface area (Å²) in [6.07, 6.45) is 1.26. The van der Waals surface area contributed by atoms with Gasteiger partial charge in [-0.25, -0.2) is 0 Å². The molecule has 2 aromatic carbocycles. The molecule has 0 spiro atoms. The molecule has 35 heavy (non-hydrogen) atoms. The zero-order valence-electron chi connectivity index (χ0n) is 20.1. The molecule has 184 valence electrons. The number of nitrogens with zero attached hydrogens (tertiary/aromatic N) is 3. The van der Waals surface area contributed by atoms with Crippen molar-refractivity contribution < 1.29 is 24.2 Å². The first-order chi connectivity index (χ1) is 16.3. The first-order valence-electron chi connectivity index (χ1n) is 10.5. The number of hydrogen-bond acceptors (Lipinski definition) is 8. The number of ether oxygens (including phenoxy) is 2. The van der Waals surface area contributed by atoms with Crippen molar-refractivity contribution in [3.63, 3.8) is 0 Å². The van der Waals surface area contributed by atoms with Gasteiger partial charge in [-0.05, 0) is 73.6 Å². The molecule has 0 radical (unpaired) electrons. The molecule has 0 unspecified atom stereocenters. The second-order valence-corrected chi connectivity index (χ2v) is 8.53. The van der Waals surface area contributed by atoms with Gasteiger partial charge in [0.2, 0.25) is 6.04 Å². The number of hydrogen-bond donors (Lipinski definition) is 0. The Bertz CT molecular complexity index is 1210. The Morgan fingerprint density at radius 1 is 0.714 bits per heavy atom. The smallest absolute Gasteiger partial charge is 0.365 e. The van der Waals surface area contributed by atoms with E-state index in [1.165, 1.54) is 0 Å². The molecule has 0 atom stereocenters. The van der Waals surface area contributed by atoms with Crippen LogP contribution in [0.15, 0.2) is 47.8 Å². The summed E-state index contributed by atoms with van der Waals surface area (Å²) in [6.45, 7) is 10.4. The summed E-state index contributed by atoms with van der Waals surface area (Å²) >= 11 is 0. The Kier molecular flexibility index (Phi) is 6.55. The van der Waals surface area contributed by atoms with Gasteiger partial charge in [0.25, 0.3) is 0 Å². The number of nitro groups is 3. The van der Waals surface area contributed by atoms with Crippen LogP contribution in [0.3, 0.4) is 0 Å². The third-order valence-corrected chi connectivity index (χ3v) is 5.55. The number of allylic oxidation sites excluding steroid dienone is 1. The maximum atomic E-state index is 12.2. The topological polar surface area (TPSA) is 148 Å². The minimum atomic E-state index is -2.72. The van der Waals surface area contributed by atoms with Gasteiger partial charge < -0.3 is 9.47 Å². The third kappa shape index (κ3) is 4.65. The summed E-state index contributed by atoms with van der Waals surface area (Å²) in [6, 6.07) is 6.01. The quantitative estimate of drug-likeness (QED) is 0.236. The fourth-order valence-electron chi connectivity index (χ4n) is 4.27. The minimum absolute atomic E-state index is 0.128.